The Morgan fingerprint density at radius 3 is 2.35 bits per heavy atom. The Hall–Kier alpha value is -2.42. The van der Waals surface area contributed by atoms with Gasteiger partial charge in [-0.2, -0.15) is 0 Å². The number of carbonyl (C=O) groups is 4. The maximum Gasteiger partial charge on any atom is 0.326 e. The lowest BCUT2D eigenvalue weighted by Crippen LogP contribution is -2.55. The number of nitrogens with one attached hydrogen (secondary N) is 2. The Bertz CT molecular complexity index is 802. The molecule has 3 amide bonds. The summed E-state index contributed by atoms with van der Waals surface area (Å²) in [5.74, 6) is -2.54. The summed E-state index contributed by atoms with van der Waals surface area (Å²) < 4.78 is 0. The SMILES string of the molecule is CC(C)[C@H](NC(=O)[C@@H]1CCCN1C(=O)[C@H](C)NC(=O)C(Br)Cc1ccccc1)C(=O)O. The predicted molar refractivity (Wildman–Crippen MR) is 120 cm³/mol. The molecule has 0 spiro atoms. The van der Waals surface area contributed by atoms with Gasteiger partial charge in [0.2, 0.25) is 17.7 Å². The molecule has 0 saturated carbocycles. The molecule has 1 heterocycles. The van der Waals surface area contributed by atoms with Crippen molar-refractivity contribution in [3.05, 3.63) is 35.9 Å². The van der Waals surface area contributed by atoms with Crippen LogP contribution in [0.25, 0.3) is 0 Å². The maximum atomic E-state index is 12.9. The number of hydrogen-bond donors (Lipinski definition) is 3. The number of rotatable bonds is 9. The van der Waals surface area contributed by atoms with Crippen molar-refractivity contribution in [3.63, 3.8) is 0 Å². The third-order valence-electron chi connectivity index (χ3n) is 5.34. The second kappa shape index (κ2) is 11.3. The summed E-state index contributed by atoms with van der Waals surface area (Å²) in [7, 11) is 0. The number of carboxylic acid groups (broad SMARTS) is 1. The highest BCUT2D eigenvalue weighted by Crippen LogP contribution is 2.20. The van der Waals surface area contributed by atoms with Gasteiger partial charge in [0.05, 0.1) is 4.83 Å². The Labute approximate surface area is 190 Å². The normalized spacial score (nSPS) is 18.9. The third kappa shape index (κ3) is 6.78. The van der Waals surface area contributed by atoms with Crippen LogP contribution >= 0.6 is 15.9 Å². The number of halogens is 1. The molecule has 1 unspecified atom stereocenters. The van der Waals surface area contributed by atoms with Crippen LogP contribution in [0.4, 0.5) is 0 Å². The number of carboxylic acids is 1. The second-order valence-electron chi connectivity index (χ2n) is 8.15. The number of carbonyl (C=O) groups excluding carboxylic acids is 3. The average Bonchev–Trinajstić information content (AvgIpc) is 3.21. The monoisotopic (exact) mass is 495 g/mol. The summed E-state index contributed by atoms with van der Waals surface area (Å²) in [5, 5.41) is 14.6. The number of likely N-dealkylation sites (tertiary alicyclic amines) is 1. The smallest absolute Gasteiger partial charge is 0.326 e. The van der Waals surface area contributed by atoms with Crippen molar-refractivity contribution in [1.29, 1.82) is 0 Å². The van der Waals surface area contributed by atoms with Gasteiger partial charge in [-0.25, -0.2) is 4.79 Å². The van der Waals surface area contributed by atoms with Crippen molar-refractivity contribution in [1.82, 2.24) is 15.5 Å². The Kier molecular flexibility index (Phi) is 9.03. The molecule has 0 radical (unpaired) electrons. The van der Waals surface area contributed by atoms with Crippen molar-refractivity contribution >= 4 is 39.6 Å². The van der Waals surface area contributed by atoms with E-state index in [2.05, 4.69) is 26.6 Å². The first-order valence-electron chi connectivity index (χ1n) is 10.4. The van der Waals surface area contributed by atoms with Crippen LogP contribution < -0.4 is 10.6 Å². The van der Waals surface area contributed by atoms with Gasteiger partial charge in [0.25, 0.3) is 0 Å². The topological polar surface area (TPSA) is 116 Å². The van der Waals surface area contributed by atoms with Gasteiger partial charge in [0.1, 0.15) is 18.1 Å². The Morgan fingerprint density at radius 2 is 1.77 bits per heavy atom. The van der Waals surface area contributed by atoms with E-state index in [1.807, 2.05) is 30.3 Å². The van der Waals surface area contributed by atoms with Gasteiger partial charge in [-0.1, -0.05) is 60.1 Å². The van der Waals surface area contributed by atoms with E-state index in [9.17, 15) is 24.3 Å². The molecule has 9 heteroatoms. The van der Waals surface area contributed by atoms with Gasteiger partial charge >= 0.3 is 5.97 Å². The Balaban J connectivity index is 1.96. The summed E-state index contributed by atoms with van der Waals surface area (Å²) in [4.78, 5) is 50.4. The molecule has 31 heavy (non-hydrogen) atoms. The second-order valence-corrected chi connectivity index (χ2v) is 9.25. The zero-order chi connectivity index (χ0) is 23.1. The number of benzene rings is 1. The number of hydrogen-bond acceptors (Lipinski definition) is 4. The molecule has 1 aromatic rings. The molecule has 8 nitrogen and oxygen atoms in total. The molecule has 0 bridgehead atoms. The van der Waals surface area contributed by atoms with Gasteiger partial charge in [0.15, 0.2) is 0 Å². The third-order valence-corrected chi connectivity index (χ3v) is 6.08. The fraction of sp³-hybridized carbons (Fsp3) is 0.545. The summed E-state index contributed by atoms with van der Waals surface area (Å²) in [6.45, 7) is 5.39. The molecule has 2 rings (SSSR count). The fourth-order valence-electron chi connectivity index (χ4n) is 3.59. The number of amides is 3. The molecule has 1 fully saturated rings. The average molecular weight is 496 g/mol. The van der Waals surface area contributed by atoms with Crippen LogP contribution in [-0.4, -0.2) is 63.2 Å². The van der Waals surface area contributed by atoms with E-state index in [1.54, 1.807) is 20.8 Å². The Morgan fingerprint density at radius 1 is 1.13 bits per heavy atom. The fourth-order valence-corrected chi connectivity index (χ4v) is 4.10. The van der Waals surface area contributed by atoms with Crippen LogP contribution in [0.2, 0.25) is 0 Å². The molecule has 3 N–H and O–H groups in total. The van der Waals surface area contributed by atoms with Crippen molar-refractivity contribution < 1.29 is 24.3 Å². The lowest BCUT2D eigenvalue weighted by atomic mass is 10.0. The molecule has 1 aliphatic heterocycles. The molecule has 0 aliphatic carbocycles. The molecular weight excluding hydrogens is 466 g/mol. The van der Waals surface area contributed by atoms with Crippen LogP contribution in [0.5, 0.6) is 0 Å². The molecule has 1 aliphatic rings. The minimum Gasteiger partial charge on any atom is -0.480 e. The van der Waals surface area contributed by atoms with Crippen LogP contribution in [0.3, 0.4) is 0 Å². The highest BCUT2D eigenvalue weighted by Gasteiger charge is 2.38. The van der Waals surface area contributed by atoms with E-state index in [0.717, 1.165) is 5.56 Å². The van der Waals surface area contributed by atoms with E-state index in [0.29, 0.717) is 25.8 Å². The van der Waals surface area contributed by atoms with Crippen molar-refractivity contribution in [2.75, 3.05) is 6.54 Å². The molecule has 170 valence electrons. The predicted octanol–water partition coefficient (Wildman–Crippen LogP) is 1.71. The van der Waals surface area contributed by atoms with E-state index < -0.39 is 34.8 Å². The highest BCUT2D eigenvalue weighted by molar-refractivity contribution is 9.10. The largest absolute Gasteiger partial charge is 0.480 e. The minimum atomic E-state index is -1.11. The standard InChI is InChI=1S/C22H30BrN3O5/c1-13(2)18(22(30)31)25-20(28)17-10-7-11-26(17)21(29)14(3)24-19(27)16(23)12-15-8-5-4-6-9-15/h4-6,8-9,13-14,16-18H,7,10-12H2,1-3H3,(H,24,27)(H,25,28)(H,30,31)/t14-,16?,17-,18-/m0/s1. The first-order valence-corrected chi connectivity index (χ1v) is 11.4. The summed E-state index contributed by atoms with van der Waals surface area (Å²) in [6, 6.07) is 6.96. The molecule has 4 atom stereocenters. The van der Waals surface area contributed by atoms with Crippen LogP contribution in [0, 0.1) is 5.92 Å². The number of alkyl halides is 1. The maximum absolute atomic E-state index is 12.9. The van der Waals surface area contributed by atoms with Crippen molar-refractivity contribution in [2.45, 2.75) is 63.0 Å². The van der Waals surface area contributed by atoms with Gasteiger partial charge in [0, 0.05) is 6.54 Å². The van der Waals surface area contributed by atoms with Crippen LogP contribution in [0.15, 0.2) is 30.3 Å². The van der Waals surface area contributed by atoms with Gasteiger partial charge < -0.3 is 20.6 Å². The molecule has 1 saturated heterocycles. The summed E-state index contributed by atoms with van der Waals surface area (Å²) in [5.41, 5.74) is 0.993. The van der Waals surface area contributed by atoms with Gasteiger partial charge in [-0.05, 0) is 37.7 Å². The quantitative estimate of drug-likeness (QED) is 0.451. The number of aliphatic carboxylic acids is 1. The van der Waals surface area contributed by atoms with Gasteiger partial charge in [-0.3, -0.25) is 14.4 Å². The first kappa shape index (κ1) is 24.8. The number of nitrogens with zero attached hydrogens (tertiary/aromatic N) is 1. The minimum absolute atomic E-state index is 0.286. The summed E-state index contributed by atoms with van der Waals surface area (Å²) >= 11 is 3.37. The van der Waals surface area contributed by atoms with Crippen molar-refractivity contribution in [3.8, 4) is 0 Å². The molecule has 0 aromatic heterocycles. The lowest BCUT2D eigenvalue weighted by molar-refractivity contribution is -0.145. The van der Waals surface area contributed by atoms with E-state index >= 15 is 0 Å². The zero-order valence-corrected chi connectivity index (χ0v) is 19.6. The van der Waals surface area contributed by atoms with E-state index in [1.165, 1.54) is 4.90 Å². The van der Waals surface area contributed by atoms with Crippen LogP contribution in [0.1, 0.15) is 39.2 Å². The van der Waals surface area contributed by atoms with Crippen LogP contribution in [-0.2, 0) is 25.6 Å². The molecular formula is C22H30BrN3O5. The van der Waals surface area contributed by atoms with Crippen molar-refractivity contribution in [2.24, 2.45) is 5.92 Å². The first-order chi connectivity index (χ1) is 14.6. The summed E-state index contributed by atoms with van der Waals surface area (Å²) in [6.07, 6.45) is 1.57. The zero-order valence-electron chi connectivity index (χ0n) is 18.0. The molecule has 1 aromatic carbocycles. The van der Waals surface area contributed by atoms with Gasteiger partial charge in [-0.15, -0.1) is 0 Å². The van der Waals surface area contributed by atoms with E-state index in [-0.39, 0.29) is 17.7 Å². The highest BCUT2D eigenvalue weighted by atomic mass is 79.9. The van der Waals surface area contributed by atoms with E-state index in [4.69, 9.17) is 0 Å². The lowest BCUT2D eigenvalue weighted by Gasteiger charge is -2.29.